The van der Waals surface area contributed by atoms with Crippen LogP contribution in [0.3, 0.4) is 0 Å². The maximum atomic E-state index is 11.8. The number of carbonyl (C=O) groups excluding carboxylic acids is 1. The molecule has 4 fully saturated rings. The molecule has 0 aliphatic heterocycles. The van der Waals surface area contributed by atoms with Gasteiger partial charge in [-0.05, 0) is 123 Å². The molecule has 4 bridgehead atoms. The standard InChI is InChI=1S/C38H46O6/c1-3-5-15-44-36-31(28-9-11-29(12-10-28)37(40)41)14-13-30-20-34(43-16-7-6-8-35(39)42-4-2)33(21-32(30)36)38-22-25-17-26(23-38)19-27(18-25)24-38/h9-14,20-21,25-27H,3-8,15-19,22-24H2,1-2H3,(H,40,41). The molecule has 6 nitrogen and oxygen atoms in total. The highest BCUT2D eigenvalue weighted by Gasteiger charge is 2.52. The van der Waals surface area contributed by atoms with Crippen molar-refractivity contribution >= 4 is 22.7 Å². The highest BCUT2D eigenvalue weighted by Crippen LogP contribution is 2.62. The van der Waals surface area contributed by atoms with Gasteiger partial charge in [0, 0.05) is 22.9 Å². The molecule has 0 saturated heterocycles. The molecule has 0 atom stereocenters. The van der Waals surface area contributed by atoms with Gasteiger partial charge < -0.3 is 19.3 Å². The van der Waals surface area contributed by atoms with Crippen LogP contribution < -0.4 is 9.47 Å². The molecule has 0 spiro atoms. The molecule has 0 amide bonds. The fourth-order valence-electron chi connectivity index (χ4n) is 8.58. The van der Waals surface area contributed by atoms with Gasteiger partial charge in [0.15, 0.2) is 0 Å². The Hall–Kier alpha value is -3.54. The van der Waals surface area contributed by atoms with Gasteiger partial charge in [0.2, 0.25) is 0 Å². The number of carboxylic acids is 1. The second-order valence-corrected chi connectivity index (χ2v) is 13.4. The number of aromatic carboxylic acids is 1. The first-order chi connectivity index (χ1) is 21.4. The number of hydrogen-bond acceptors (Lipinski definition) is 5. The van der Waals surface area contributed by atoms with Crippen LogP contribution in [0.4, 0.5) is 0 Å². The van der Waals surface area contributed by atoms with Crippen molar-refractivity contribution in [2.45, 2.75) is 89.9 Å². The Balaban J connectivity index is 1.39. The second kappa shape index (κ2) is 13.2. The van der Waals surface area contributed by atoms with E-state index in [2.05, 4.69) is 31.2 Å². The van der Waals surface area contributed by atoms with Crippen LogP contribution in [-0.2, 0) is 14.9 Å². The number of esters is 1. The third-order valence-corrected chi connectivity index (χ3v) is 10.2. The number of hydrogen-bond donors (Lipinski definition) is 1. The van der Waals surface area contributed by atoms with E-state index in [-0.39, 0.29) is 16.9 Å². The van der Waals surface area contributed by atoms with Crippen LogP contribution in [-0.4, -0.2) is 36.9 Å². The Bertz CT molecular complexity index is 1450. The topological polar surface area (TPSA) is 82.1 Å². The Labute approximate surface area is 261 Å². The third-order valence-electron chi connectivity index (χ3n) is 10.2. The summed E-state index contributed by atoms with van der Waals surface area (Å²) in [6, 6.07) is 15.9. The van der Waals surface area contributed by atoms with E-state index >= 15 is 0 Å². The highest BCUT2D eigenvalue weighted by atomic mass is 16.5. The maximum Gasteiger partial charge on any atom is 0.335 e. The summed E-state index contributed by atoms with van der Waals surface area (Å²) < 4.78 is 18.3. The maximum absolute atomic E-state index is 11.8. The Morgan fingerprint density at radius 1 is 0.841 bits per heavy atom. The fourth-order valence-corrected chi connectivity index (χ4v) is 8.58. The molecule has 234 valence electrons. The molecule has 3 aromatic rings. The number of carboxylic acid groups (broad SMARTS) is 1. The number of fused-ring (bicyclic) bond motifs is 1. The van der Waals surface area contributed by atoms with E-state index in [4.69, 9.17) is 14.2 Å². The van der Waals surface area contributed by atoms with Crippen LogP contribution in [0.2, 0.25) is 0 Å². The molecule has 0 radical (unpaired) electrons. The van der Waals surface area contributed by atoms with E-state index in [1.54, 1.807) is 12.1 Å². The van der Waals surface area contributed by atoms with Crippen LogP contribution in [0.5, 0.6) is 11.5 Å². The zero-order valence-electron chi connectivity index (χ0n) is 26.2. The van der Waals surface area contributed by atoms with Crippen LogP contribution in [0.1, 0.15) is 100 Å². The van der Waals surface area contributed by atoms with E-state index in [0.29, 0.717) is 26.2 Å². The van der Waals surface area contributed by atoms with Gasteiger partial charge in [0.25, 0.3) is 0 Å². The molecule has 4 saturated carbocycles. The molecule has 0 aromatic heterocycles. The predicted molar refractivity (Wildman–Crippen MR) is 173 cm³/mol. The normalized spacial score (nSPS) is 23.5. The zero-order chi connectivity index (χ0) is 30.7. The molecular formula is C38H46O6. The molecule has 1 N–H and O–H groups in total. The van der Waals surface area contributed by atoms with Crippen molar-refractivity contribution in [2.75, 3.05) is 19.8 Å². The predicted octanol–water partition coefficient (Wildman–Crippen LogP) is 8.96. The minimum absolute atomic E-state index is 0.128. The van der Waals surface area contributed by atoms with Crippen molar-refractivity contribution in [3.8, 4) is 22.6 Å². The summed E-state index contributed by atoms with van der Waals surface area (Å²) in [5, 5.41) is 11.6. The molecule has 44 heavy (non-hydrogen) atoms. The highest BCUT2D eigenvalue weighted by molar-refractivity contribution is 5.97. The molecule has 3 aromatic carbocycles. The van der Waals surface area contributed by atoms with E-state index in [0.717, 1.165) is 76.8 Å². The first kappa shape index (κ1) is 30.5. The number of carbonyl (C=O) groups is 2. The second-order valence-electron chi connectivity index (χ2n) is 13.4. The average Bonchev–Trinajstić information content (AvgIpc) is 3.00. The molecule has 4 aliphatic rings. The first-order valence-electron chi connectivity index (χ1n) is 16.7. The average molecular weight is 599 g/mol. The van der Waals surface area contributed by atoms with Gasteiger partial charge in [0.05, 0.1) is 25.4 Å². The molecule has 7 rings (SSSR count). The fraction of sp³-hybridized carbons (Fsp3) is 0.526. The minimum Gasteiger partial charge on any atom is -0.493 e. The van der Waals surface area contributed by atoms with Crippen molar-refractivity contribution in [3.05, 3.63) is 59.7 Å². The lowest BCUT2D eigenvalue weighted by Crippen LogP contribution is -2.48. The van der Waals surface area contributed by atoms with Crippen LogP contribution in [0, 0.1) is 17.8 Å². The van der Waals surface area contributed by atoms with Crippen molar-refractivity contribution in [1.82, 2.24) is 0 Å². The third kappa shape index (κ3) is 6.31. The van der Waals surface area contributed by atoms with Crippen LogP contribution in [0.15, 0.2) is 48.5 Å². The quantitative estimate of drug-likeness (QED) is 0.147. The molecular weight excluding hydrogens is 552 g/mol. The molecule has 6 heteroatoms. The lowest BCUT2D eigenvalue weighted by molar-refractivity contribution is -0.143. The molecule has 0 heterocycles. The summed E-state index contributed by atoms with van der Waals surface area (Å²) in [6.45, 7) is 5.62. The minimum atomic E-state index is -0.928. The van der Waals surface area contributed by atoms with Crippen molar-refractivity contribution < 1.29 is 28.9 Å². The van der Waals surface area contributed by atoms with E-state index < -0.39 is 5.97 Å². The van der Waals surface area contributed by atoms with E-state index in [1.165, 1.54) is 44.1 Å². The summed E-state index contributed by atoms with van der Waals surface area (Å²) in [7, 11) is 0. The van der Waals surface area contributed by atoms with Crippen molar-refractivity contribution in [2.24, 2.45) is 17.8 Å². The molecule has 0 unspecified atom stereocenters. The van der Waals surface area contributed by atoms with Gasteiger partial charge in [-0.2, -0.15) is 0 Å². The Kier molecular flexibility index (Phi) is 9.16. The lowest BCUT2D eigenvalue weighted by atomic mass is 9.48. The summed E-state index contributed by atoms with van der Waals surface area (Å²) in [6.07, 6.45) is 11.8. The van der Waals surface area contributed by atoms with Crippen LogP contribution >= 0.6 is 0 Å². The summed E-state index contributed by atoms with van der Waals surface area (Å²) in [5.74, 6) is 3.18. The van der Waals surface area contributed by atoms with E-state index in [9.17, 15) is 14.7 Å². The van der Waals surface area contributed by atoms with Crippen molar-refractivity contribution in [1.29, 1.82) is 0 Å². The number of rotatable bonds is 14. The number of benzene rings is 3. The van der Waals surface area contributed by atoms with Gasteiger partial charge in [0.1, 0.15) is 11.5 Å². The number of unbranched alkanes of at least 4 members (excludes halogenated alkanes) is 2. The van der Waals surface area contributed by atoms with Crippen molar-refractivity contribution in [3.63, 3.8) is 0 Å². The summed E-state index contributed by atoms with van der Waals surface area (Å²) in [4.78, 5) is 23.3. The van der Waals surface area contributed by atoms with Gasteiger partial charge in [-0.15, -0.1) is 0 Å². The zero-order valence-corrected chi connectivity index (χ0v) is 26.2. The number of ether oxygens (including phenoxy) is 3. The monoisotopic (exact) mass is 598 g/mol. The smallest absolute Gasteiger partial charge is 0.335 e. The van der Waals surface area contributed by atoms with Crippen LogP contribution in [0.25, 0.3) is 21.9 Å². The van der Waals surface area contributed by atoms with Gasteiger partial charge in [-0.1, -0.05) is 37.6 Å². The largest absolute Gasteiger partial charge is 0.493 e. The van der Waals surface area contributed by atoms with E-state index in [1.807, 2.05) is 19.1 Å². The summed E-state index contributed by atoms with van der Waals surface area (Å²) >= 11 is 0. The lowest BCUT2D eigenvalue weighted by Gasteiger charge is -2.57. The Morgan fingerprint density at radius 2 is 1.52 bits per heavy atom. The summed E-state index contributed by atoms with van der Waals surface area (Å²) in [5.41, 5.74) is 3.66. The van der Waals surface area contributed by atoms with Gasteiger partial charge >= 0.3 is 11.9 Å². The Morgan fingerprint density at radius 3 is 2.16 bits per heavy atom. The SMILES string of the molecule is CCCCOc1c(-c2ccc(C(=O)O)cc2)ccc2cc(OCCCCC(=O)OCC)c(C34CC5CC(CC(C5)C3)C4)cc12. The van der Waals surface area contributed by atoms with Gasteiger partial charge in [-0.3, -0.25) is 4.79 Å². The first-order valence-corrected chi connectivity index (χ1v) is 16.7. The molecule has 4 aliphatic carbocycles. The van der Waals surface area contributed by atoms with Gasteiger partial charge in [-0.25, -0.2) is 4.79 Å².